The molecule has 0 saturated carbocycles. The van der Waals surface area contributed by atoms with E-state index in [9.17, 15) is 0 Å². The van der Waals surface area contributed by atoms with Crippen LogP contribution in [-0.2, 0) is 0 Å². The van der Waals surface area contributed by atoms with E-state index in [-0.39, 0.29) is 0 Å². The highest BCUT2D eigenvalue weighted by Gasteiger charge is 2.07. The molecule has 0 bridgehead atoms. The maximum Gasteiger partial charge on any atom is 0.0722 e. The second kappa shape index (κ2) is 5.64. The lowest BCUT2D eigenvalue weighted by Gasteiger charge is -2.18. The van der Waals surface area contributed by atoms with Crippen LogP contribution in [0, 0.1) is 0 Å². The summed E-state index contributed by atoms with van der Waals surface area (Å²) in [5, 5.41) is 4.66. The average molecular weight is 229 g/mol. The first-order chi connectivity index (χ1) is 8.35. The molecule has 0 radical (unpaired) electrons. The van der Waals surface area contributed by atoms with Gasteiger partial charge in [0.15, 0.2) is 0 Å². The third kappa shape index (κ3) is 2.74. The van der Waals surface area contributed by atoms with Gasteiger partial charge in [0.2, 0.25) is 0 Å². The van der Waals surface area contributed by atoms with Crippen molar-refractivity contribution in [1.29, 1.82) is 0 Å². The van der Waals surface area contributed by atoms with Gasteiger partial charge in [-0.1, -0.05) is 31.5 Å². The molecular formula is C14H19N3. The number of anilines is 1. The van der Waals surface area contributed by atoms with E-state index in [0.29, 0.717) is 12.6 Å². The minimum absolute atomic E-state index is 0.339. The Hall–Kier alpha value is -1.61. The van der Waals surface area contributed by atoms with Crippen LogP contribution in [0.3, 0.4) is 0 Å². The number of benzene rings is 1. The van der Waals surface area contributed by atoms with Gasteiger partial charge in [-0.05, 0) is 18.6 Å². The lowest BCUT2D eigenvalue weighted by molar-refractivity contribution is 0.649. The van der Waals surface area contributed by atoms with Crippen molar-refractivity contribution in [2.45, 2.75) is 25.8 Å². The Morgan fingerprint density at radius 1 is 1.29 bits per heavy atom. The molecule has 2 rings (SSSR count). The molecule has 1 aromatic carbocycles. The van der Waals surface area contributed by atoms with Crippen LogP contribution in [0.15, 0.2) is 36.5 Å². The molecule has 3 nitrogen and oxygen atoms in total. The molecule has 0 saturated heterocycles. The van der Waals surface area contributed by atoms with Crippen molar-refractivity contribution in [3.05, 3.63) is 36.5 Å². The van der Waals surface area contributed by atoms with E-state index in [2.05, 4.69) is 23.3 Å². The maximum absolute atomic E-state index is 5.77. The number of rotatable bonds is 5. The monoisotopic (exact) mass is 229 g/mol. The van der Waals surface area contributed by atoms with Crippen molar-refractivity contribution < 1.29 is 0 Å². The van der Waals surface area contributed by atoms with Crippen LogP contribution in [0.4, 0.5) is 5.69 Å². The summed E-state index contributed by atoms with van der Waals surface area (Å²) in [5.41, 5.74) is 7.92. The van der Waals surface area contributed by atoms with Gasteiger partial charge in [-0.2, -0.15) is 0 Å². The molecule has 3 heteroatoms. The molecule has 2 aromatic rings. The molecule has 0 spiro atoms. The van der Waals surface area contributed by atoms with Crippen LogP contribution in [0.5, 0.6) is 0 Å². The van der Waals surface area contributed by atoms with Crippen LogP contribution >= 0.6 is 0 Å². The zero-order valence-corrected chi connectivity index (χ0v) is 10.2. The van der Waals surface area contributed by atoms with Gasteiger partial charge in [-0.3, -0.25) is 4.98 Å². The number of aromatic nitrogens is 1. The fourth-order valence-electron chi connectivity index (χ4n) is 2.04. The van der Waals surface area contributed by atoms with Crippen molar-refractivity contribution in [2.24, 2.45) is 5.73 Å². The first-order valence-electron chi connectivity index (χ1n) is 6.15. The number of nitrogens with zero attached hydrogens (tertiary/aromatic N) is 1. The Morgan fingerprint density at radius 2 is 2.12 bits per heavy atom. The largest absolute Gasteiger partial charge is 0.380 e. The number of pyridine rings is 1. The standard InChI is InChI=1S/C14H19N3/c1-2-5-11(10-15)17-14-8-9-16-13-7-4-3-6-12(13)14/h3-4,6-9,11H,2,5,10,15H2,1H3,(H,16,17). The first-order valence-corrected chi connectivity index (χ1v) is 6.15. The maximum atomic E-state index is 5.77. The zero-order chi connectivity index (χ0) is 12.1. The van der Waals surface area contributed by atoms with Gasteiger partial charge in [0.05, 0.1) is 5.52 Å². The fourth-order valence-corrected chi connectivity index (χ4v) is 2.04. The topological polar surface area (TPSA) is 50.9 Å². The molecule has 1 unspecified atom stereocenters. The first kappa shape index (κ1) is 11.9. The molecule has 90 valence electrons. The average Bonchev–Trinajstić information content (AvgIpc) is 2.38. The smallest absolute Gasteiger partial charge is 0.0722 e. The SMILES string of the molecule is CCCC(CN)Nc1ccnc2ccccc12. The summed E-state index contributed by atoms with van der Waals surface area (Å²) in [6.07, 6.45) is 4.06. The Balaban J connectivity index is 2.28. The Labute approximate surface area is 102 Å². The summed E-state index contributed by atoms with van der Waals surface area (Å²) < 4.78 is 0. The van der Waals surface area contributed by atoms with E-state index in [4.69, 9.17) is 5.73 Å². The molecule has 0 aliphatic carbocycles. The van der Waals surface area contributed by atoms with Crippen molar-refractivity contribution in [1.82, 2.24) is 4.98 Å². The minimum atomic E-state index is 0.339. The van der Waals surface area contributed by atoms with E-state index >= 15 is 0 Å². The van der Waals surface area contributed by atoms with Crippen LogP contribution in [0.1, 0.15) is 19.8 Å². The van der Waals surface area contributed by atoms with E-state index < -0.39 is 0 Å². The third-order valence-corrected chi connectivity index (χ3v) is 2.93. The summed E-state index contributed by atoms with van der Waals surface area (Å²) >= 11 is 0. The molecule has 1 atom stereocenters. The summed E-state index contributed by atoms with van der Waals surface area (Å²) in [4.78, 5) is 4.35. The molecule has 1 heterocycles. The van der Waals surface area contributed by atoms with Gasteiger partial charge in [0.25, 0.3) is 0 Å². The number of para-hydroxylation sites is 1. The van der Waals surface area contributed by atoms with Crippen LogP contribution in [0.25, 0.3) is 10.9 Å². The highest BCUT2D eigenvalue weighted by Crippen LogP contribution is 2.22. The molecule has 17 heavy (non-hydrogen) atoms. The lowest BCUT2D eigenvalue weighted by atomic mass is 10.1. The van der Waals surface area contributed by atoms with Crippen LogP contribution in [-0.4, -0.2) is 17.6 Å². The van der Waals surface area contributed by atoms with Gasteiger partial charge in [0, 0.05) is 29.9 Å². The van der Waals surface area contributed by atoms with Crippen molar-refractivity contribution in [3.8, 4) is 0 Å². The van der Waals surface area contributed by atoms with E-state index in [1.807, 2.05) is 30.5 Å². The number of hydrogen-bond donors (Lipinski definition) is 2. The van der Waals surface area contributed by atoms with Gasteiger partial charge in [-0.25, -0.2) is 0 Å². The highest BCUT2D eigenvalue weighted by molar-refractivity contribution is 5.90. The van der Waals surface area contributed by atoms with E-state index in [1.165, 1.54) is 0 Å². The Morgan fingerprint density at radius 3 is 2.88 bits per heavy atom. The van der Waals surface area contributed by atoms with Crippen LogP contribution in [0.2, 0.25) is 0 Å². The van der Waals surface area contributed by atoms with Crippen molar-refractivity contribution >= 4 is 16.6 Å². The molecule has 0 aliphatic heterocycles. The summed E-state index contributed by atoms with van der Waals surface area (Å²) in [6, 6.07) is 10.5. The Kier molecular flexibility index (Phi) is 3.94. The fraction of sp³-hybridized carbons (Fsp3) is 0.357. The zero-order valence-electron chi connectivity index (χ0n) is 10.2. The lowest BCUT2D eigenvalue weighted by Crippen LogP contribution is -2.28. The van der Waals surface area contributed by atoms with Gasteiger partial charge in [-0.15, -0.1) is 0 Å². The van der Waals surface area contributed by atoms with E-state index in [1.54, 1.807) is 0 Å². The van der Waals surface area contributed by atoms with Crippen molar-refractivity contribution in [3.63, 3.8) is 0 Å². The third-order valence-electron chi connectivity index (χ3n) is 2.93. The second-order valence-corrected chi connectivity index (χ2v) is 4.24. The highest BCUT2D eigenvalue weighted by atomic mass is 14.9. The predicted molar refractivity (Wildman–Crippen MR) is 73.1 cm³/mol. The quantitative estimate of drug-likeness (QED) is 0.829. The van der Waals surface area contributed by atoms with Gasteiger partial charge < -0.3 is 11.1 Å². The predicted octanol–water partition coefficient (Wildman–Crippen LogP) is 2.77. The number of fused-ring (bicyclic) bond motifs is 1. The number of nitrogens with two attached hydrogens (primary N) is 1. The molecule has 0 amide bonds. The second-order valence-electron chi connectivity index (χ2n) is 4.24. The Bertz CT molecular complexity index is 476. The normalized spacial score (nSPS) is 12.6. The number of hydrogen-bond acceptors (Lipinski definition) is 3. The summed E-state index contributed by atoms with van der Waals surface area (Å²) in [5.74, 6) is 0. The summed E-state index contributed by atoms with van der Waals surface area (Å²) in [7, 11) is 0. The molecule has 0 aliphatic rings. The molecular weight excluding hydrogens is 210 g/mol. The molecule has 1 aromatic heterocycles. The molecule has 0 fully saturated rings. The van der Waals surface area contributed by atoms with Crippen LogP contribution < -0.4 is 11.1 Å². The van der Waals surface area contributed by atoms with E-state index in [0.717, 1.165) is 29.4 Å². The number of nitrogens with one attached hydrogen (secondary N) is 1. The summed E-state index contributed by atoms with van der Waals surface area (Å²) in [6.45, 7) is 2.83. The van der Waals surface area contributed by atoms with Crippen molar-refractivity contribution in [2.75, 3.05) is 11.9 Å². The molecule has 3 N–H and O–H groups in total. The minimum Gasteiger partial charge on any atom is -0.380 e. The van der Waals surface area contributed by atoms with Gasteiger partial charge >= 0.3 is 0 Å². The van der Waals surface area contributed by atoms with Gasteiger partial charge in [0.1, 0.15) is 0 Å².